The monoisotopic (exact) mass is 391 g/mol. The van der Waals surface area contributed by atoms with Gasteiger partial charge in [0.2, 0.25) is 0 Å². The second-order valence-corrected chi connectivity index (χ2v) is 7.10. The highest BCUT2D eigenvalue weighted by Crippen LogP contribution is 2.31. The number of aromatic amines is 1. The Bertz CT molecular complexity index is 1260. The summed E-state index contributed by atoms with van der Waals surface area (Å²) in [6.45, 7) is 3.96. The lowest BCUT2D eigenvalue weighted by Gasteiger charge is -2.10. The first-order chi connectivity index (χ1) is 13.5. The first-order valence-electron chi connectivity index (χ1n) is 8.78. The van der Waals surface area contributed by atoms with E-state index < -0.39 is 0 Å². The van der Waals surface area contributed by atoms with Crippen molar-refractivity contribution in [3.05, 3.63) is 75.2 Å². The Hall–Kier alpha value is -3.18. The fourth-order valence-corrected chi connectivity index (χ4v) is 3.55. The molecule has 2 heterocycles. The van der Waals surface area contributed by atoms with Crippen LogP contribution in [-0.2, 0) is 0 Å². The van der Waals surface area contributed by atoms with E-state index in [1.807, 2.05) is 44.2 Å². The van der Waals surface area contributed by atoms with Crippen molar-refractivity contribution in [3.8, 4) is 28.3 Å². The molecule has 0 aliphatic heterocycles. The van der Waals surface area contributed by atoms with E-state index in [1.54, 1.807) is 18.3 Å². The molecule has 0 unspecified atom stereocenters. The van der Waals surface area contributed by atoms with Gasteiger partial charge < -0.3 is 4.74 Å². The van der Waals surface area contributed by atoms with Crippen LogP contribution in [0.4, 0.5) is 0 Å². The van der Waals surface area contributed by atoms with Gasteiger partial charge in [-0.1, -0.05) is 23.7 Å². The molecule has 2 aromatic carbocycles. The Balaban J connectivity index is 1.92. The molecule has 0 aliphatic carbocycles. The number of ether oxygens (including phenoxy) is 1. The molecule has 28 heavy (non-hydrogen) atoms. The summed E-state index contributed by atoms with van der Waals surface area (Å²) in [6.07, 6.45) is 1.69. The second kappa shape index (κ2) is 7.09. The molecular weight excluding hydrogens is 374 g/mol. The van der Waals surface area contributed by atoms with Crippen molar-refractivity contribution in [2.24, 2.45) is 0 Å². The molecule has 140 valence electrons. The highest BCUT2D eigenvalue weighted by Gasteiger charge is 2.14. The lowest BCUT2D eigenvalue weighted by atomic mass is 10.0. The van der Waals surface area contributed by atoms with Gasteiger partial charge in [-0.2, -0.15) is 0 Å². The van der Waals surface area contributed by atoms with E-state index in [4.69, 9.17) is 21.3 Å². The molecule has 5 nitrogen and oxygen atoms in total. The summed E-state index contributed by atoms with van der Waals surface area (Å²) in [5, 5.41) is 0.633. The first-order valence-corrected chi connectivity index (χ1v) is 9.15. The molecule has 4 aromatic rings. The number of benzene rings is 2. The van der Waals surface area contributed by atoms with E-state index in [9.17, 15) is 4.79 Å². The van der Waals surface area contributed by atoms with Crippen LogP contribution >= 0.6 is 11.6 Å². The summed E-state index contributed by atoms with van der Waals surface area (Å²) < 4.78 is 5.09. The zero-order valence-electron chi connectivity index (χ0n) is 15.7. The van der Waals surface area contributed by atoms with Crippen LogP contribution in [0, 0.1) is 13.8 Å². The molecule has 0 atom stereocenters. The number of nitrogens with zero attached hydrogens (tertiary/aromatic N) is 2. The van der Waals surface area contributed by atoms with Gasteiger partial charge in [0.1, 0.15) is 0 Å². The molecule has 0 saturated heterocycles. The summed E-state index contributed by atoms with van der Waals surface area (Å²) in [5.41, 5.74) is 5.97. The summed E-state index contributed by atoms with van der Waals surface area (Å²) in [7, 11) is 1.51. The fourth-order valence-electron chi connectivity index (χ4n) is 3.21. The average molecular weight is 392 g/mol. The third-order valence-corrected chi connectivity index (χ3v) is 4.90. The highest BCUT2D eigenvalue weighted by atomic mass is 35.5. The van der Waals surface area contributed by atoms with Gasteiger partial charge in [-0.25, -0.2) is 4.98 Å². The molecule has 2 aromatic heterocycles. The Morgan fingerprint density at radius 2 is 1.75 bits per heavy atom. The van der Waals surface area contributed by atoms with Gasteiger partial charge in [-0.15, -0.1) is 0 Å². The minimum Gasteiger partial charge on any atom is -0.482 e. The number of hydrogen-bond acceptors (Lipinski definition) is 4. The molecule has 6 heteroatoms. The molecule has 0 bridgehead atoms. The van der Waals surface area contributed by atoms with Crippen LogP contribution in [0.3, 0.4) is 0 Å². The lowest BCUT2D eigenvalue weighted by Crippen LogP contribution is -2.10. The van der Waals surface area contributed by atoms with Crippen LogP contribution in [0.15, 0.2) is 53.5 Å². The Kier molecular flexibility index (Phi) is 4.61. The third kappa shape index (κ3) is 3.25. The van der Waals surface area contributed by atoms with Gasteiger partial charge in [0.25, 0.3) is 5.56 Å². The third-order valence-electron chi connectivity index (χ3n) is 4.58. The molecule has 0 fully saturated rings. The maximum Gasteiger partial charge on any atom is 0.258 e. The second-order valence-electron chi connectivity index (χ2n) is 6.69. The topological polar surface area (TPSA) is 67.9 Å². The van der Waals surface area contributed by atoms with Gasteiger partial charge >= 0.3 is 0 Å². The quantitative estimate of drug-likeness (QED) is 0.537. The lowest BCUT2D eigenvalue weighted by molar-refractivity contribution is 0.397. The van der Waals surface area contributed by atoms with Gasteiger partial charge in [0.15, 0.2) is 5.88 Å². The summed E-state index contributed by atoms with van der Waals surface area (Å²) >= 11 is 6.40. The van der Waals surface area contributed by atoms with Crippen molar-refractivity contribution in [2.75, 3.05) is 7.11 Å². The molecule has 0 saturated carbocycles. The van der Waals surface area contributed by atoms with E-state index in [1.165, 1.54) is 7.11 Å². The van der Waals surface area contributed by atoms with E-state index >= 15 is 0 Å². The van der Waals surface area contributed by atoms with Gasteiger partial charge in [0, 0.05) is 16.7 Å². The summed E-state index contributed by atoms with van der Waals surface area (Å²) in [4.78, 5) is 24.6. The maximum absolute atomic E-state index is 12.5. The van der Waals surface area contributed by atoms with Crippen LogP contribution in [0.5, 0.6) is 5.88 Å². The normalized spacial score (nSPS) is 11.0. The van der Waals surface area contributed by atoms with Crippen LogP contribution in [0.2, 0.25) is 5.02 Å². The number of aromatic nitrogens is 3. The number of halogens is 1. The smallest absolute Gasteiger partial charge is 0.258 e. The minimum absolute atomic E-state index is 0.237. The highest BCUT2D eigenvalue weighted by molar-refractivity contribution is 6.33. The van der Waals surface area contributed by atoms with E-state index in [2.05, 4.69) is 9.97 Å². The maximum atomic E-state index is 12.5. The first kappa shape index (κ1) is 18.2. The molecular formula is C22H18ClN3O2. The standard InChI is InChI=1S/C22H18ClN3O2/c1-12-4-5-15(17(23)9-12)19-11-24-21-16(8-13(2)10-18(21)25-19)14-6-7-20(28-3)26-22(14)27/h4-11H,1-3H3,(H,26,27). The Morgan fingerprint density at radius 3 is 2.46 bits per heavy atom. The van der Waals surface area contributed by atoms with Crippen LogP contribution in [-0.4, -0.2) is 22.1 Å². The molecule has 0 aliphatic rings. The SMILES string of the molecule is COc1ccc(-c2cc(C)cc3nc(-c4ccc(C)cc4Cl)cnc23)c(=O)[nH]1. The number of hydrogen-bond donors (Lipinski definition) is 1. The van der Waals surface area contributed by atoms with E-state index in [-0.39, 0.29) is 5.56 Å². The van der Waals surface area contributed by atoms with Crippen molar-refractivity contribution in [1.29, 1.82) is 0 Å². The molecule has 0 spiro atoms. The van der Waals surface area contributed by atoms with Crippen molar-refractivity contribution in [1.82, 2.24) is 15.0 Å². The predicted molar refractivity (Wildman–Crippen MR) is 112 cm³/mol. The number of pyridine rings is 1. The van der Waals surface area contributed by atoms with E-state index in [0.717, 1.165) is 22.3 Å². The zero-order chi connectivity index (χ0) is 19.8. The summed E-state index contributed by atoms with van der Waals surface area (Å²) in [6, 6.07) is 13.2. The summed E-state index contributed by atoms with van der Waals surface area (Å²) in [5.74, 6) is 0.410. The number of fused-ring (bicyclic) bond motifs is 1. The number of nitrogens with one attached hydrogen (secondary N) is 1. The van der Waals surface area contributed by atoms with Crippen molar-refractivity contribution >= 4 is 22.6 Å². The van der Waals surface area contributed by atoms with Crippen molar-refractivity contribution < 1.29 is 4.74 Å². The van der Waals surface area contributed by atoms with Crippen molar-refractivity contribution in [3.63, 3.8) is 0 Å². The number of methoxy groups -OCH3 is 1. The van der Waals surface area contributed by atoms with Crippen molar-refractivity contribution in [2.45, 2.75) is 13.8 Å². The van der Waals surface area contributed by atoms with Crippen LogP contribution in [0.1, 0.15) is 11.1 Å². The number of aryl methyl sites for hydroxylation is 2. The molecule has 1 N–H and O–H groups in total. The predicted octanol–water partition coefficient (Wildman–Crippen LogP) is 4.93. The molecule has 0 radical (unpaired) electrons. The molecule has 0 amide bonds. The number of H-pyrrole nitrogens is 1. The molecule has 4 rings (SSSR count). The van der Waals surface area contributed by atoms with Gasteiger partial charge in [-0.05, 0) is 55.3 Å². The minimum atomic E-state index is -0.237. The van der Waals surface area contributed by atoms with Crippen LogP contribution in [0.25, 0.3) is 33.4 Å². The number of rotatable bonds is 3. The van der Waals surface area contributed by atoms with E-state index in [0.29, 0.717) is 33.2 Å². The average Bonchev–Trinajstić information content (AvgIpc) is 2.66. The van der Waals surface area contributed by atoms with Crippen LogP contribution < -0.4 is 10.3 Å². The Morgan fingerprint density at radius 1 is 0.964 bits per heavy atom. The van der Waals surface area contributed by atoms with Gasteiger partial charge in [0.05, 0.1) is 35.1 Å². The zero-order valence-corrected chi connectivity index (χ0v) is 16.5. The fraction of sp³-hybridized carbons (Fsp3) is 0.136. The largest absolute Gasteiger partial charge is 0.482 e. The van der Waals surface area contributed by atoms with Gasteiger partial charge in [-0.3, -0.25) is 14.8 Å². The Labute approximate surface area is 167 Å².